The first-order chi connectivity index (χ1) is 8.17. The molecule has 1 heterocycles. The number of hydrogen-bond donors (Lipinski definition) is 1. The molecule has 1 aromatic rings. The van der Waals surface area contributed by atoms with Gasteiger partial charge in [0, 0.05) is 7.05 Å². The molecule has 0 radical (unpaired) electrons. The van der Waals surface area contributed by atoms with Crippen LogP contribution in [-0.4, -0.2) is 20.3 Å². The average Bonchev–Trinajstić information content (AvgIpc) is 2.26. The zero-order chi connectivity index (χ0) is 14.0. The summed E-state index contributed by atoms with van der Waals surface area (Å²) in [6, 6.07) is 4.13. The lowest BCUT2D eigenvalue weighted by molar-refractivity contribution is 0.272. The van der Waals surface area contributed by atoms with Crippen LogP contribution in [0.25, 0.3) is 0 Å². The Morgan fingerprint density at radius 1 is 1.28 bits per heavy atom. The lowest BCUT2D eigenvalue weighted by Crippen LogP contribution is -2.40. The monoisotopic (exact) mass is 266 g/mol. The molecule has 0 bridgehead atoms. The molecule has 0 amide bonds. The molecule has 4 heteroatoms. The van der Waals surface area contributed by atoms with Gasteiger partial charge in [-0.25, -0.2) is 4.98 Å². The van der Waals surface area contributed by atoms with Crippen LogP contribution >= 0.6 is 0 Å². The zero-order valence-corrected chi connectivity index (χ0v) is 13.7. The van der Waals surface area contributed by atoms with E-state index in [1.807, 2.05) is 13.1 Å². The highest BCUT2D eigenvalue weighted by atomic mass is 28.4. The molecule has 0 saturated heterocycles. The van der Waals surface area contributed by atoms with Crippen LogP contribution in [0, 0.1) is 6.92 Å². The van der Waals surface area contributed by atoms with Crippen LogP contribution < -0.4 is 5.32 Å². The molecule has 0 aliphatic heterocycles. The average molecular weight is 266 g/mol. The van der Waals surface area contributed by atoms with E-state index < -0.39 is 8.32 Å². The number of rotatable bonds is 4. The lowest BCUT2D eigenvalue weighted by atomic mass is 10.2. The molecule has 0 atom stereocenters. The molecule has 102 valence electrons. The van der Waals surface area contributed by atoms with Gasteiger partial charge in [-0.15, -0.1) is 0 Å². The Bertz CT molecular complexity index is 411. The molecule has 0 spiro atoms. The quantitative estimate of drug-likeness (QED) is 0.838. The van der Waals surface area contributed by atoms with Crippen molar-refractivity contribution in [2.24, 2.45) is 0 Å². The molecule has 0 saturated carbocycles. The third kappa shape index (κ3) is 3.56. The van der Waals surface area contributed by atoms with Crippen LogP contribution in [0.15, 0.2) is 12.1 Å². The maximum Gasteiger partial charge on any atom is 0.192 e. The summed E-state index contributed by atoms with van der Waals surface area (Å²) >= 11 is 0. The van der Waals surface area contributed by atoms with Crippen LogP contribution in [0.5, 0.6) is 0 Å². The maximum atomic E-state index is 6.17. The van der Waals surface area contributed by atoms with E-state index >= 15 is 0 Å². The van der Waals surface area contributed by atoms with Gasteiger partial charge in [0.25, 0.3) is 0 Å². The number of nitrogens with zero attached hydrogens (tertiary/aromatic N) is 1. The van der Waals surface area contributed by atoms with Crippen molar-refractivity contribution in [3.8, 4) is 0 Å². The summed E-state index contributed by atoms with van der Waals surface area (Å²) < 4.78 is 6.17. The largest absolute Gasteiger partial charge is 0.411 e. The normalized spacial score (nSPS) is 12.6. The number of pyridine rings is 1. The Balaban J connectivity index is 2.75. The summed E-state index contributed by atoms with van der Waals surface area (Å²) in [7, 11) is 0.207. The van der Waals surface area contributed by atoms with Crippen molar-refractivity contribution in [2.45, 2.75) is 52.4 Å². The highest BCUT2D eigenvalue weighted by Gasteiger charge is 2.37. The van der Waals surface area contributed by atoms with Gasteiger partial charge < -0.3 is 9.74 Å². The predicted molar refractivity (Wildman–Crippen MR) is 80.5 cm³/mol. The second-order valence-electron chi connectivity index (χ2n) is 6.27. The van der Waals surface area contributed by atoms with E-state index in [0.29, 0.717) is 6.61 Å². The number of aromatic nitrogens is 1. The van der Waals surface area contributed by atoms with Gasteiger partial charge >= 0.3 is 0 Å². The Hall–Kier alpha value is -0.873. The molecule has 18 heavy (non-hydrogen) atoms. The molecular weight excluding hydrogens is 240 g/mol. The van der Waals surface area contributed by atoms with E-state index in [1.54, 1.807) is 0 Å². The summed E-state index contributed by atoms with van der Waals surface area (Å²) in [4.78, 5) is 4.56. The molecule has 0 aliphatic carbocycles. The smallest absolute Gasteiger partial charge is 0.192 e. The first-order valence-electron chi connectivity index (χ1n) is 6.45. The van der Waals surface area contributed by atoms with Crippen molar-refractivity contribution >= 4 is 14.1 Å². The van der Waals surface area contributed by atoms with Gasteiger partial charge in [0.1, 0.15) is 5.82 Å². The summed E-state index contributed by atoms with van der Waals surface area (Å²) in [6.45, 7) is 13.9. The summed E-state index contributed by atoms with van der Waals surface area (Å²) in [5, 5.41) is 3.35. The topological polar surface area (TPSA) is 34.2 Å². The fourth-order valence-corrected chi connectivity index (χ4v) is 2.32. The fourth-order valence-electron chi connectivity index (χ4n) is 1.37. The highest BCUT2D eigenvalue weighted by Crippen LogP contribution is 2.37. The van der Waals surface area contributed by atoms with Gasteiger partial charge in [-0.1, -0.05) is 26.8 Å². The molecule has 1 N–H and O–H groups in total. The number of nitrogens with one attached hydrogen (secondary N) is 1. The third-order valence-corrected chi connectivity index (χ3v) is 8.26. The minimum atomic E-state index is -1.69. The van der Waals surface area contributed by atoms with Crippen molar-refractivity contribution < 1.29 is 4.43 Å². The van der Waals surface area contributed by atoms with E-state index in [1.165, 1.54) is 0 Å². The minimum absolute atomic E-state index is 0.240. The van der Waals surface area contributed by atoms with E-state index in [2.05, 4.69) is 57.2 Å². The maximum absolute atomic E-state index is 6.17. The summed E-state index contributed by atoms with van der Waals surface area (Å²) in [6.07, 6.45) is 0. The van der Waals surface area contributed by atoms with Gasteiger partial charge in [-0.2, -0.15) is 0 Å². The second kappa shape index (κ2) is 5.41. The number of anilines is 1. The van der Waals surface area contributed by atoms with Gasteiger partial charge in [-0.3, -0.25) is 0 Å². The van der Waals surface area contributed by atoms with Crippen LogP contribution in [0.3, 0.4) is 0 Å². The predicted octanol–water partition coefficient (Wildman–Crippen LogP) is 3.95. The molecule has 0 fully saturated rings. The van der Waals surface area contributed by atoms with Gasteiger partial charge in [0.15, 0.2) is 8.32 Å². The van der Waals surface area contributed by atoms with Crippen molar-refractivity contribution in [2.75, 3.05) is 12.4 Å². The molecule has 0 unspecified atom stereocenters. The van der Waals surface area contributed by atoms with Crippen LogP contribution in [-0.2, 0) is 11.0 Å². The van der Waals surface area contributed by atoms with Crippen molar-refractivity contribution in [3.05, 3.63) is 23.4 Å². The van der Waals surface area contributed by atoms with E-state index in [4.69, 9.17) is 4.43 Å². The summed E-state index contributed by atoms with van der Waals surface area (Å²) in [5.74, 6) is 0.936. The van der Waals surface area contributed by atoms with E-state index in [9.17, 15) is 0 Å². The molecule has 0 aromatic carbocycles. The second-order valence-corrected chi connectivity index (χ2v) is 11.1. The first-order valence-corrected chi connectivity index (χ1v) is 9.36. The molecule has 3 nitrogen and oxygen atoms in total. The Labute approximate surface area is 112 Å². The molecule has 1 rings (SSSR count). The SMILES string of the molecule is CNc1nc(CO[Si](C)(C)C(C)(C)C)ccc1C. The van der Waals surface area contributed by atoms with Gasteiger partial charge in [0.05, 0.1) is 12.3 Å². The van der Waals surface area contributed by atoms with Gasteiger partial charge in [-0.05, 0) is 36.7 Å². The number of hydrogen-bond acceptors (Lipinski definition) is 3. The van der Waals surface area contributed by atoms with Crippen LogP contribution in [0.1, 0.15) is 32.0 Å². The minimum Gasteiger partial charge on any atom is -0.411 e. The standard InChI is InChI=1S/C14H26N2OSi/c1-11-8-9-12(16-13(11)15-5)10-17-18(6,7)14(2,3)4/h8-9H,10H2,1-7H3,(H,15,16). The fraction of sp³-hybridized carbons (Fsp3) is 0.643. The van der Waals surface area contributed by atoms with Gasteiger partial charge in [0.2, 0.25) is 0 Å². The Kier molecular flexibility index (Phi) is 4.56. The first kappa shape index (κ1) is 15.2. The molecule has 0 aliphatic rings. The van der Waals surface area contributed by atoms with Crippen LogP contribution in [0.4, 0.5) is 5.82 Å². The van der Waals surface area contributed by atoms with Crippen LogP contribution in [0.2, 0.25) is 18.1 Å². The molecule has 1 aromatic heterocycles. The molecular formula is C14H26N2OSi. The zero-order valence-electron chi connectivity index (χ0n) is 12.7. The Morgan fingerprint density at radius 3 is 2.39 bits per heavy atom. The van der Waals surface area contributed by atoms with Crippen molar-refractivity contribution in [1.82, 2.24) is 4.98 Å². The summed E-state index contributed by atoms with van der Waals surface area (Å²) in [5.41, 5.74) is 2.16. The lowest BCUT2D eigenvalue weighted by Gasteiger charge is -2.36. The van der Waals surface area contributed by atoms with Crippen molar-refractivity contribution in [1.29, 1.82) is 0 Å². The van der Waals surface area contributed by atoms with E-state index in [-0.39, 0.29) is 5.04 Å². The number of aryl methyl sites for hydroxylation is 1. The van der Waals surface area contributed by atoms with Crippen molar-refractivity contribution in [3.63, 3.8) is 0 Å². The highest BCUT2D eigenvalue weighted by molar-refractivity contribution is 6.74. The third-order valence-electron chi connectivity index (χ3n) is 3.78. The van der Waals surface area contributed by atoms with E-state index in [0.717, 1.165) is 17.1 Å². The Morgan fingerprint density at radius 2 is 1.89 bits per heavy atom.